The average molecular weight is 436 g/mol. The van der Waals surface area contributed by atoms with Gasteiger partial charge in [0.05, 0.1) is 0 Å². The summed E-state index contributed by atoms with van der Waals surface area (Å²) in [5, 5.41) is 3.20. The van der Waals surface area contributed by atoms with Crippen molar-refractivity contribution < 1.29 is 0 Å². The molecule has 0 nitrogen and oxygen atoms in total. The summed E-state index contributed by atoms with van der Waals surface area (Å²) in [6, 6.07) is 0. The fourth-order valence-electron chi connectivity index (χ4n) is 0.245. The first-order chi connectivity index (χ1) is 5.20. The Kier molecular flexibility index (Phi) is 9.79. The summed E-state index contributed by atoms with van der Waals surface area (Å²) in [7, 11) is 0. The number of rotatable bonds is 4. The maximum atomic E-state index is 5.75. The van der Waals surface area contributed by atoms with Crippen molar-refractivity contribution in [2.45, 2.75) is 0 Å². The Bertz CT molecular complexity index is 150. The molecule has 0 fully saturated rings. The van der Waals surface area contributed by atoms with E-state index < -0.39 is 0 Å². The molecule has 0 saturated carbocycles. The van der Waals surface area contributed by atoms with E-state index in [1.165, 1.54) is 0 Å². The molecule has 0 aromatic rings. The quantitative estimate of drug-likeness (QED) is 0.467. The van der Waals surface area contributed by atoms with Crippen LogP contribution in [-0.2, 0) is 0 Å². The summed E-state index contributed by atoms with van der Waals surface area (Å²) in [6.45, 7) is 0. The molecule has 11 heavy (non-hydrogen) atoms. The Hall–Kier alpha value is 1.81. The molecule has 0 unspecified atom stereocenters. The van der Waals surface area contributed by atoms with Crippen molar-refractivity contribution in [1.29, 1.82) is 0 Å². The van der Waals surface area contributed by atoms with Crippen molar-refractivity contribution in [1.82, 2.24) is 0 Å². The van der Waals surface area contributed by atoms with Gasteiger partial charge in [-0.1, -0.05) is 0 Å². The molecule has 0 atom stereocenters. The molecule has 0 N–H and O–H groups in total. The third kappa shape index (κ3) is 8.15. The van der Waals surface area contributed by atoms with Gasteiger partial charge in [-0.2, -0.15) is 0 Å². The Labute approximate surface area is 104 Å². The molecule has 0 rings (SSSR count). The van der Waals surface area contributed by atoms with Gasteiger partial charge in [0.15, 0.2) is 0 Å². The van der Waals surface area contributed by atoms with Gasteiger partial charge in [0, 0.05) is 0 Å². The van der Waals surface area contributed by atoms with Crippen LogP contribution in [-0.4, -0.2) is 31.6 Å². The van der Waals surface area contributed by atoms with E-state index in [1.807, 2.05) is 8.25 Å². The van der Waals surface area contributed by atoms with Crippen molar-refractivity contribution >= 4 is 76.0 Å². The molecule has 64 valence electrons. The third-order valence-electron chi connectivity index (χ3n) is 0.647. The minimum absolute atomic E-state index is 0.281. The van der Waals surface area contributed by atoms with Crippen molar-refractivity contribution in [2.24, 2.45) is 0 Å². The zero-order valence-electron chi connectivity index (χ0n) is 5.49. The maximum absolute atomic E-state index is 5.75. The predicted octanol–water partition coefficient (Wildman–Crippen LogP) is 3.64. The topological polar surface area (TPSA) is 0 Å². The van der Waals surface area contributed by atoms with Gasteiger partial charge < -0.3 is 0 Å². The van der Waals surface area contributed by atoms with Crippen LogP contribution in [0.2, 0.25) is 0 Å². The first-order valence-electron chi connectivity index (χ1n) is 2.67. The molecule has 0 heterocycles. The van der Waals surface area contributed by atoms with Crippen molar-refractivity contribution in [3.63, 3.8) is 0 Å². The normalized spacial score (nSPS) is 13.8. The molecule has 0 aromatic heterocycles. The molecule has 0 spiro atoms. The van der Waals surface area contributed by atoms with Crippen LogP contribution in [0.25, 0.3) is 0 Å². The van der Waals surface area contributed by atoms with Gasteiger partial charge in [-0.15, -0.1) is 0 Å². The fourth-order valence-corrected chi connectivity index (χ4v) is 4.10. The van der Waals surface area contributed by atoms with Gasteiger partial charge in [-0.25, -0.2) is 0 Å². The van der Waals surface area contributed by atoms with Gasteiger partial charge in [0.1, 0.15) is 0 Å². The molecule has 0 bridgehead atoms. The number of halogens is 4. The second-order valence-electron chi connectivity index (χ2n) is 1.53. The third-order valence-corrected chi connectivity index (χ3v) is 6.20. The summed E-state index contributed by atoms with van der Waals surface area (Å²) in [4.78, 5) is 0. The molecule has 0 saturated heterocycles. The van der Waals surface area contributed by atoms with E-state index >= 15 is 0 Å². The Morgan fingerprint density at radius 1 is 1.09 bits per heavy atom. The number of alkyl halides is 2. The molecule has 5 heteroatoms. The number of allylic oxidation sites excluding steroid dienone is 2. The van der Waals surface area contributed by atoms with E-state index in [2.05, 4.69) is 31.9 Å². The molecule has 0 aliphatic rings. The van der Waals surface area contributed by atoms with Crippen molar-refractivity contribution in [3.05, 3.63) is 18.3 Å². The number of hydrogen-bond acceptors (Lipinski definition) is 0. The summed E-state index contributed by atoms with van der Waals surface area (Å²) < 4.78 is 4.10. The Morgan fingerprint density at radius 3 is 1.73 bits per heavy atom. The minimum atomic E-state index is -0.281. The number of hydrogen-bond donors (Lipinski definition) is 0. The fraction of sp³-hybridized carbons (Fsp3) is 0.333. The molecule has 0 aromatic carbocycles. The van der Waals surface area contributed by atoms with Crippen LogP contribution in [0.5, 0.6) is 0 Å². The average Bonchev–Trinajstić information content (AvgIpc) is 2.04. The van der Waals surface area contributed by atoms with E-state index in [-0.39, 0.29) is 20.9 Å². The van der Waals surface area contributed by atoms with Gasteiger partial charge in [0.2, 0.25) is 0 Å². The van der Waals surface area contributed by atoms with Crippen LogP contribution in [0.4, 0.5) is 0 Å². The van der Waals surface area contributed by atoms with Crippen molar-refractivity contribution in [3.8, 4) is 0 Å². The predicted molar refractivity (Wildman–Crippen MR) is 61.2 cm³/mol. The second kappa shape index (κ2) is 8.41. The van der Waals surface area contributed by atoms with Crippen LogP contribution < -0.4 is 0 Å². The zero-order chi connectivity index (χ0) is 8.69. The van der Waals surface area contributed by atoms with Gasteiger partial charge in [-0.3, -0.25) is 0 Å². The van der Waals surface area contributed by atoms with Gasteiger partial charge in [0.25, 0.3) is 0 Å². The Balaban J connectivity index is 3.71. The van der Waals surface area contributed by atoms with Crippen LogP contribution in [0, 0.1) is 0 Å². The molecule has 0 radical (unpaired) electrons. The van der Waals surface area contributed by atoms with Crippen LogP contribution >= 0.6 is 55.1 Å². The van der Waals surface area contributed by atoms with Gasteiger partial charge >= 0.3 is 105 Å². The summed E-state index contributed by atoms with van der Waals surface area (Å²) in [5.41, 5.74) is 0. The SMILES string of the molecule is Cl/C(=C\[Te]/C=C(\Cl)CBr)CBr. The Morgan fingerprint density at radius 2 is 1.45 bits per heavy atom. The monoisotopic (exact) mass is 436 g/mol. The summed E-state index contributed by atoms with van der Waals surface area (Å²) in [5.74, 6) is 0. The van der Waals surface area contributed by atoms with Crippen LogP contribution in [0.15, 0.2) is 18.3 Å². The van der Waals surface area contributed by atoms with E-state index in [0.29, 0.717) is 0 Å². The molecular weight excluding hydrogens is 430 g/mol. The standard InChI is InChI=1S/C6H6Br2Cl2Te/c7-1-5(9)3-11-4-6(10)2-8/h3-4H,1-2H2/b5-3-,6-4-. The molecule has 0 aliphatic carbocycles. The molecule has 0 aliphatic heterocycles. The van der Waals surface area contributed by atoms with Gasteiger partial charge in [-0.05, 0) is 0 Å². The van der Waals surface area contributed by atoms with Crippen LogP contribution in [0.1, 0.15) is 0 Å². The van der Waals surface area contributed by atoms with Crippen LogP contribution in [0.3, 0.4) is 0 Å². The second-order valence-corrected chi connectivity index (χ2v) is 5.75. The summed E-state index contributed by atoms with van der Waals surface area (Å²) >= 11 is 17.7. The first kappa shape index (κ1) is 12.8. The van der Waals surface area contributed by atoms with E-state index in [4.69, 9.17) is 23.2 Å². The molecular formula is C6H6Br2Cl2Te. The van der Waals surface area contributed by atoms with Crippen molar-refractivity contribution in [2.75, 3.05) is 10.7 Å². The van der Waals surface area contributed by atoms with E-state index in [9.17, 15) is 0 Å². The zero-order valence-corrected chi connectivity index (χ0v) is 12.5. The first-order valence-corrected chi connectivity index (χ1v) is 8.36. The van der Waals surface area contributed by atoms with E-state index in [0.717, 1.165) is 20.7 Å². The summed E-state index contributed by atoms with van der Waals surface area (Å²) in [6.07, 6.45) is 0. The molecule has 0 amide bonds. The van der Waals surface area contributed by atoms with E-state index in [1.54, 1.807) is 0 Å².